The van der Waals surface area contributed by atoms with Crippen LogP contribution in [0.1, 0.15) is 26.0 Å². The average Bonchev–Trinajstić information content (AvgIpc) is 2.87. The summed E-state index contributed by atoms with van der Waals surface area (Å²) in [6.45, 7) is 5.23. The normalized spacial score (nSPS) is 22.7. The van der Waals surface area contributed by atoms with Gasteiger partial charge in [0, 0.05) is 6.61 Å². The molecule has 0 aliphatic carbocycles. The minimum atomic E-state index is -0.0524. The van der Waals surface area contributed by atoms with Crippen LogP contribution < -0.4 is 5.32 Å². The number of rotatable bonds is 4. The Kier molecular flexibility index (Phi) is 4.87. The van der Waals surface area contributed by atoms with Crippen molar-refractivity contribution in [2.45, 2.75) is 32.9 Å². The van der Waals surface area contributed by atoms with Crippen LogP contribution in [0.3, 0.4) is 0 Å². The first-order valence-corrected chi connectivity index (χ1v) is 7.23. The van der Waals surface area contributed by atoms with Gasteiger partial charge in [-0.3, -0.25) is 9.78 Å². The maximum Gasteiger partial charge on any atom is 0.226 e. The number of carbonyl (C=O) groups excluding carboxylic acids is 1. The fourth-order valence-corrected chi connectivity index (χ4v) is 2.49. The molecule has 1 N–H and O–H groups in total. The first-order valence-electron chi connectivity index (χ1n) is 6.43. The average molecular weight is 328 g/mol. The molecule has 0 radical (unpaired) electrons. The SMILES string of the molecule is CC(C)[C@H]1OCC[C@@H]1C(=O)NCc1cnc(Br)cn1. The van der Waals surface area contributed by atoms with Crippen LogP contribution in [0.15, 0.2) is 17.0 Å². The van der Waals surface area contributed by atoms with Crippen LogP contribution in [0.4, 0.5) is 0 Å². The van der Waals surface area contributed by atoms with Crippen LogP contribution in [0.25, 0.3) is 0 Å². The van der Waals surface area contributed by atoms with E-state index in [4.69, 9.17) is 4.74 Å². The zero-order chi connectivity index (χ0) is 13.8. The lowest BCUT2D eigenvalue weighted by Crippen LogP contribution is -2.37. The maximum absolute atomic E-state index is 12.2. The lowest BCUT2D eigenvalue weighted by atomic mass is 9.92. The van der Waals surface area contributed by atoms with E-state index in [0.29, 0.717) is 23.7 Å². The molecule has 6 heteroatoms. The topological polar surface area (TPSA) is 64.1 Å². The molecular weight excluding hydrogens is 310 g/mol. The van der Waals surface area contributed by atoms with Gasteiger partial charge in [-0.2, -0.15) is 0 Å². The number of amides is 1. The predicted octanol–water partition coefficient (Wildman–Crippen LogP) is 1.92. The van der Waals surface area contributed by atoms with Crippen LogP contribution in [0, 0.1) is 11.8 Å². The first-order chi connectivity index (χ1) is 9.08. The summed E-state index contributed by atoms with van der Waals surface area (Å²) in [6.07, 6.45) is 4.09. The summed E-state index contributed by atoms with van der Waals surface area (Å²) < 4.78 is 6.31. The summed E-state index contributed by atoms with van der Waals surface area (Å²) in [5.74, 6) is 0.343. The van der Waals surface area contributed by atoms with Crippen molar-refractivity contribution in [3.05, 3.63) is 22.7 Å². The Morgan fingerprint density at radius 1 is 1.53 bits per heavy atom. The fourth-order valence-electron chi connectivity index (χ4n) is 2.29. The maximum atomic E-state index is 12.2. The van der Waals surface area contributed by atoms with Crippen LogP contribution in [-0.4, -0.2) is 28.6 Å². The molecule has 2 atom stereocenters. The van der Waals surface area contributed by atoms with Gasteiger partial charge in [0.2, 0.25) is 5.91 Å². The first kappa shape index (κ1) is 14.4. The molecule has 1 saturated heterocycles. The van der Waals surface area contributed by atoms with Crippen LogP contribution >= 0.6 is 15.9 Å². The molecule has 1 aliphatic heterocycles. The van der Waals surface area contributed by atoms with E-state index >= 15 is 0 Å². The summed E-state index contributed by atoms with van der Waals surface area (Å²) in [5.41, 5.74) is 0.747. The van der Waals surface area contributed by atoms with Gasteiger partial charge in [-0.15, -0.1) is 0 Å². The van der Waals surface area contributed by atoms with Crippen molar-refractivity contribution in [2.24, 2.45) is 11.8 Å². The van der Waals surface area contributed by atoms with Crippen LogP contribution in [0.5, 0.6) is 0 Å². The van der Waals surface area contributed by atoms with E-state index in [0.717, 1.165) is 12.1 Å². The zero-order valence-electron chi connectivity index (χ0n) is 11.1. The van der Waals surface area contributed by atoms with E-state index < -0.39 is 0 Å². The number of aromatic nitrogens is 2. The molecule has 1 aliphatic rings. The van der Waals surface area contributed by atoms with Crippen molar-refractivity contribution >= 4 is 21.8 Å². The Hall–Kier alpha value is -1.01. The highest BCUT2D eigenvalue weighted by molar-refractivity contribution is 9.10. The third kappa shape index (κ3) is 3.73. The number of hydrogen-bond donors (Lipinski definition) is 1. The minimum absolute atomic E-state index is 0.0241. The molecule has 2 heterocycles. The Bertz CT molecular complexity index is 436. The molecular formula is C13H18BrN3O2. The quantitative estimate of drug-likeness (QED) is 0.917. The molecule has 0 spiro atoms. The highest BCUT2D eigenvalue weighted by Crippen LogP contribution is 2.26. The lowest BCUT2D eigenvalue weighted by Gasteiger charge is -2.21. The van der Waals surface area contributed by atoms with Gasteiger partial charge in [-0.05, 0) is 28.3 Å². The van der Waals surface area contributed by atoms with E-state index in [1.807, 2.05) is 0 Å². The number of halogens is 1. The third-order valence-electron chi connectivity index (χ3n) is 3.25. The molecule has 0 bridgehead atoms. The largest absolute Gasteiger partial charge is 0.377 e. The molecule has 1 fully saturated rings. The van der Waals surface area contributed by atoms with Crippen molar-refractivity contribution in [2.75, 3.05) is 6.61 Å². The Morgan fingerprint density at radius 2 is 2.32 bits per heavy atom. The van der Waals surface area contributed by atoms with Crippen molar-refractivity contribution in [3.8, 4) is 0 Å². The molecule has 1 aromatic rings. The highest BCUT2D eigenvalue weighted by Gasteiger charge is 2.35. The summed E-state index contributed by atoms with van der Waals surface area (Å²) in [4.78, 5) is 20.4. The second-order valence-electron chi connectivity index (χ2n) is 5.02. The Balaban J connectivity index is 1.89. The van der Waals surface area contributed by atoms with E-state index in [9.17, 15) is 4.79 Å². The molecule has 0 unspecified atom stereocenters. The van der Waals surface area contributed by atoms with Crippen LogP contribution in [-0.2, 0) is 16.1 Å². The fraction of sp³-hybridized carbons (Fsp3) is 0.615. The minimum Gasteiger partial charge on any atom is -0.377 e. The van der Waals surface area contributed by atoms with Gasteiger partial charge in [0.05, 0.1) is 36.7 Å². The third-order valence-corrected chi connectivity index (χ3v) is 3.66. The van der Waals surface area contributed by atoms with Crippen molar-refractivity contribution < 1.29 is 9.53 Å². The summed E-state index contributed by atoms with van der Waals surface area (Å²) in [7, 11) is 0. The molecule has 1 aromatic heterocycles. The lowest BCUT2D eigenvalue weighted by molar-refractivity contribution is -0.127. The van der Waals surface area contributed by atoms with Crippen molar-refractivity contribution in [3.63, 3.8) is 0 Å². The zero-order valence-corrected chi connectivity index (χ0v) is 12.7. The van der Waals surface area contributed by atoms with Gasteiger partial charge in [-0.1, -0.05) is 13.8 Å². The molecule has 0 aromatic carbocycles. The molecule has 1 amide bonds. The summed E-state index contributed by atoms with van der Waals surface area (Å²) in [6, 6.07) is 0. The van der Waals surface area contributed by atoms with Crippen LogP contribution in [0.2, 0.25) is 0 Å². The second kappa shape index (κ2) is 6.43. The second-order valence-corrected chi connectivity index (χ2v) is 5.84. The van der Waals surface area contributed by atoms with Crippen molar-refractivity contribution in [1.29, 1.82) is 0 Å². The molecule has 5 nitrogen and oxygen atoms in total. The number of nitrogens with zero attached hydrogens (tertiary/aromatic N) is 2. The van der Waals surface area contributed by atoms with Gasteiger partial charge in [0.1, 0.15) is 4.60 Å². The number of hydrogen-bond acceptors (Lipinski definition) is 4. The van der Waals surface area contributed by atoms with Gasteiger partial charge < -0.3 is 10.1 Å². The van der Waals surface area contributed by atoms with Gasteiger partial charge >= 0.3 is 0 Å². The van der Waals surface area contributed by atoms with E-state index in [2.05, 4.69) is 45.1 Å². The molecule has 104 valence electrons. The molecule has 2 rings (SSSR count). The van der Waals surface area contributed by atoms with Gasteiger partial charge in [0.15, 0.2) is 0 Å². The monoisotopic (exact) mass is 327 g/mol. The van der Waals surface area contributed by atoms with E-state index in [1.165, 1.54) is 0 Å². The molecule has 0 saturated carbocycles. The predicted molar refractivity (Wildman–Crippen MR) is 74.3 cm³/mol. The smallest absolute Gasteiger partial charge is 0.226 e. The van der Waals surface area contributed by atoms with Gasteiger partial charge in [-0.25, -0.2) is 4.98 Å². The Labute approximate surface area is 121 Å². The standard InChI is InChI=1S/C13H18BrN3O2/c1-8(2)12-10(3-4-19-12)13(18)17-6-9-5-16-11(14)7-15-9/h5,7-8,10,12H,3-4,6H2,1-2H3,(H,17,18)/t10-,12+/m0/s1. The highest BCUT2D eigenvalue weighted by atomic mass is 79.9. The van der Waals surface area contributed by atoms with E-state index in [-0.39, 0.29) is 17.9 Å². The number of carbonyl (C=O) groups is 1. The van der Waals surface area contributed by atoms with Crippen molar-refractivity contribution in [1.82, 2.24) is 15.3 Å². The number of ether oxygens (including phenoxy) is 1. The molecule has 19 heavy (non-hydrogen) atoms. The van der Waals surface area contributed by atoms with Gasteiger partial charge in [0.25, 0.3) is 0 Å². The number of nitrogens with one attached hydrogen (secondary N) is 1. The van der Waals surface area contributed by atoms with E-state index in [1.54, 1.807) is 12.4 Å². The Morgan fingerprint density at radius 3 is 2.95 bits per heavy atom. The summed E-state index contributed by atoms with van der Waals surface area (Å²) >= 11 is 3.23. The summed E-state index contributed by atoms with van der Waals surface area (Å²) in [5, 5.41) is 2.91.